The molecule has 0 saturated heterocycles. The fourth-order valence-corrected chi connectivity index (χ4v) is 4.33. The smallest absolute Gasteiger partial charge is 0.308 e. The number of ether oxygens (including phenoxy) is 2. The Morgan fingerprint density at radius 3 is 2.23 bits per heavy atom. The number of nitrogens with one attached hydrogen (secondary N) is 2. The number of esters is 1. The summed E-state index contributed by atoms with van der Waals surface area (Å²) in [5.74, 6) is -0.201. The van der Waals surface area contributed by atoms with Crippen LogP contribution in [0.3, 0.4) is 0 Å². The Balaban J connectivity index is 1.43. The number of aryl methyl sites for hydroxylation is 1. The molecule has 1 fully saturated rings. The molecule has 2 amide bonds. The largest absolute Gasteiger partial charge is 0.490 e. The van der Waals surface area contributed by atoms with Gasteiger partial charge in [-0.1, -0.05) is 23.2 Å². The average molecular weight is 521 g/mol. The van der Waals surface area contributed by atoms with Gasteiger partial charge in [0.2, 0.25) is 0 Å². The van der Waals surface area contributed by atoms with E-state index in [2.05, 4.69) is 10.6 Å². The summed E-state index contributed by atoms with van der Waals surface area (Å²) in [6.07, 6.45) is 2.96. The van der Waals surface area contributed by atoms with Crippen molar-refractivity contribution in [3.8, 4) is 5.75 Å². The fraction of sp³-hybridized carbons (Fsp3) is 0.423. The van der Waals surface area contributed by atoms with E-state index in [9.17, 15) is 14.4 Å². The van der Waals surface area contributed by atoms with Crippen LogP contribution in [0.4, 0.5) is 0 Å². The Hall–Kier alpha value is -2.77. The molecule has 9 heteroatoms. The van der Waals surface area contributed by atoms with Crippen LogP contribution in [0.1, 0.15) is 58.9 Å². The van der Waals surface area contributed by atoms with Crippen LogP contribution in [0, 0.1) is 12.8 Å². The van der Waals surface area contributed by atoms with Gasteiger partial charge in [0, 0.05) is 23.7 Å². The molecule has 1 saturated carbocycles. The minimum absolute atomic E-state index is 0.00976. The van der Waals surface area contributed by atoms with Gasteiger partial charge in [0.15, 0.2) is 0 Å². The van der Waals surface area contributed by atoms with Crippen molar-refractivity contribution in [2.45, 2.75) is 45.6 Å². The lowest BCUT2D eigenvalue weighted by atomic mass is 9.87. The molecular weight excluding hydrogens is 491 g/mol. The summed E-state index contributed by atoms with van der Waals surface area (Å²) >= 11 is 12.3. The Kier molecular flexibility index (Phi) is 9.81. The molecule has 0 bridgehead atoms. The molecule has 35 heavy (non-hydrogen) atoms. The molecule has 0 radical (unpaired) electrons. The molecule has 0 aliphatic heterocycles. The Bertz CT molecular complexity index is 1070. The summed E-state index contributed by atoms with van der Waals surface area (Å²) in [5.41, 5.74) is 1.65. The molecule has 0 aromatic heterocycles. The van der Waals surface area contributed by atoms with Gasteiger partial charge in [-0.3, -0.25) is 14.4 Å². The lowest BCUT2D eigenvalue weighted by Crippen LogP contribution is -2.34. The first kappa shape index (κ1) is 26.8. The topological polar surface area (TPSA) is 93.7 Å². The van der Waals surface area contributed by atoms with Crippen LogP contribution >= 0.6 is 23.2 Å². The van der Waals surface area contributed by atoms with Crippen LogP contribution in [-0.4, -0.2) is 43.6 Å². The van der Waals surface area contributed by atoms with E-state index < -0.39 is 0 Å². The first-order valence-corrected chi connectivity index (χ1v) is 12.5. The van der Waals surface area contributed by atoms with Crippen molar-refractivity contribution in [3.63, 3.8) is 0 Å². The maximum atomic E-state index is 12.5. The zero-order chi connectivity index (χ0) is 25.4. The van der Waals surface area contributed by atoms with Gasteiger partial charge in [0.05, 0.1) is 29.2 Å². The monoisotopic (exact) mass is 520 g/mol. The van der Waals surface area contributed by atoms with Crippen LogP contribution in [0.15, 0.2) is 36.4 Å². The Labute approximate surface area is 215 Å². The van der Waals surface area contributed by atoms with Crippen LogP contribution < -0.4 is 15.4 Å². The van der Waals surface area contributed by atoms with Crippen molar-refractivity contribution in [2.75, 3.05) is 19.7 Å². The first-order valence-electron chi connectivity index (χ1n) is 11.7. The van der Waals surface area contributed by atoms with E-state index in [1.165, 1.54) is 0 Å². The molecule has 7 nitrogen and oxygen atoms in total. The van der Waals surface area contributed by atoms with Gasteiger partial charge in [-0.05, 0) is 81.5 Å². The number of hydrogen-bond acceptors (Lipinski definition) is 5. The van der Waals surface area contributed by atoms with Gasteiger partial charge in [0.25, 0.3) is 11.8 Å². The third-order valence-corrected chi connectivity index (χ3v) is 6.64. The molecule has 2 N–H and O–H groups in total. The van der Waals surface area contributed by atoms with Crippen LogP contribution in [0.5, 0.6) is 5.75 Å². The minimum Gasteiger partial charge on any atom is -0.490 e. The third-order valence-electron chi connectivity index (χ3n) is 5.90. The van der Waals surface area contributed by atoms with Crippen molar-refractivity contribution >= 4 is 41.0 Å². The van der Waals surface area contributed by atoms with Crippen molar-refractivity contribution in [3.05, 3.63) is 63.1 Å². The van der Waals surface area contributed by atoms with E-state index in [1.807, 2.05) is 13.8 Å². The van der Waals surface area contributed by atoms with Gasteiger partial charge in [-0.2, -0.15) is 0 Å². The SMILES string of the molecule is CCOC(=O)C1CCC(Oc2ccc(C(=O)NCCNC(=O)c3ccc(Cl)c(C)c3)c(Cl)c2)CC1. The van der Waals surface area contributed by atoms with Crippen LogP contribution in [0.2, 0.25) is 10.0 Å². The predicted octanol–water partition coefficient (Wildman–Crippen LogP) is 4.96. The lowest BCUT2D eigenvalue weighted by molar-refractivity contribution is -0.149. The van der Waals surface area contributed by atoms with Gasteiger partial charge in [-0.25, -0.2) is 0 Å². The molecule has 0 atom stereocenters. The molecule has 0 heterocycles. The van der Waals surface area contributed by atoms with Gasteiger partial charge in [0.1, 0.15) is 5.75 Å². The minimum atomic E-state index is -0.340. The summed E-state index contributed by atoms with van der Waals surface area (Å²) in [4.78, 5) is 36.6. The molecule has 188 valence electrons. The van der Waals surface area contributed by atoms with Gasteiger partial charge < -0.3 is 20.1 Å². The summed E-state index contributed by atoms with van der Waals surface area (Å²) < 4.78 is 11.1. The van der Waals surface area contributed by atoms with E-state index in [1.54, 1.807) is 36.4 Å². The molecule has 1 aliphatic rings. The highest BCUT2D eigenvalue weighted by atomic mass is 35.5. The first-order chi connectivity index (χ1) is 16.8. The number of carbonyl (C=O) groups is 3. The molecule has 2 aromatic carbocycles. The molecule has 0 unspecified atom stereocenters. The quantitative estimate of drug-likeness (QED) is 0.359. The second kappa shape index (κ2) is 12.8. The summed E-state index contributed by atoms with van der Waals surface area (Å²) in [7, 11) is 0. The van der Waals surface area contributed by atoms with E-state index in [-0.39, 0.29) is 47.9 Å². The standard InChI is InChI=1S/C26H30Cl2N2O5/c1-3-34-26(33)17-4-7-19(8-5-17)35-20-9-10-21(23(28)15-20)25(32)30-13-12-29-24(31)18-6-11-22(27)16(2)14-18/h6,9-11,14-15,17,19H,3-5,7-8,12-13H2,1-2H3,(H,29,31)(H,30,32). The maximum Gasteiger partial charge on any atom is 0.308 e. The third kappa shape index (κ3) is 7.61. The highest BCUT2D eigenvalue weighted by Crippen LogP contribution is 2.30. The number of halogens is 2. The molecular formula is C26H30Cl2N2O5. The normalized spacial score (nSPS) is 17.4. The number of benzene rings is 2. The average Bonchev–Trinajstić information content (AvgIpc) is 2.84. The molecule has 0 spiro atoms. The van der Waals surface area contributed by atoms with Crippen molar-refractivity contribution in [1.82, 2.24) is 10.6 Å². The number of hydrogen-bond donors (Lipinski definition) is 2. The van der Waals surface area contributed by atoms with Crippen molar-refractivity contribution in [2.24, 2.45) is 5.92 Å². The van der Waals surface area contributed by atoms with Crippen molar-refractivity contribution in [1.29, 1.82) is 0 Å². The number of carbonyl (C=O) groups excluding carboxylic acids is 3. The second-order valence-corrected chi connectivity index (χ2v) is 9.28. The zero-order valence-corrected chi connectivity index (χ0v) is 21.4. The maximum absolute atomic E-state index is 12.5. The van der Waals surface area contributed by atoms with E-state index >= 15 is 0 Å². The molecule has 3 rings (SSSR count). The zero-order valence-electron chi connectivity index (χ0n) is 19.9. The van der Waals surface area contributed by atoms with E-state index in [0.717, 1.165) is 31.2 Å². The van der Waals surface area contributed by atoms with E-state index in [0.29, 0.717) is 28.5 Å². The fourth-order valence-electron chi connectivity index (χ4n) is 3.96. The summed E-state index contributed by atoms with van der Waals surface area (Å²) in [5, 5.41) is 6.39. The predicted molar refractivity (Wildman–Crippen MR) is 135 cm³/mol. The van der Waals surface area contributed by atoms with Crippen LogP contribution in [0.25, 0.3) is 0 Å². The Morgan fingerprint density at radius 1 is 0.914 bits per heavy atom. The molecule has 2 aromatic rings. The van der Waals surface area contributed by atoms with E-state index in [4.69, 9.17) is 32.7 Å². The van der Waals surface area contributed by atoms with Gasteiger partial charge >= 0.3 is 5.97 Å². The molecule has 1 aliphatic carbocycles. The Morgan fingerprint density at radius 2 is 1.60 bits per heavy atom. The lowest BCUT2D eigenvalue weighted by Gasteiger charge is -2.27. The summed E-state index contributed by atoms with van der Waals surface area (Å²) in [6, 6.07) is 10.00. The summed E-state index contributed by atoms with van der Waals surface area (Å²) in [6.45, 7) is 4.54. The van der Waals surface area contributed by atoms with Gasteiger partial charge in [-0.15, -0.1) is 0 Å². The highest BCUT2D eigenvalue weighted by molar-refractivity contribution is 6.34. The number of rotatable bonds is 9. The highest BCUT2D eigenvalue weighted by Gasteiger charge is 2.28. The number of amides is 2. The second-order valence-electron chi connectivity index (χ2n) is 8.46. The van der Waals surface area contributed by atoms with Crippen molar-refractivity contribution < 1.29 is 23.9 Å². The van der Waals surface area contributed by atoms with Crippen LogP contribution in [-0.2, 0) is 9.53 Å².